The van der Waals surface area contributed by atoms with Crippen LogP contribution < -0.4 is 10.1 Å². The lowest BCUT2D eigenvalue weighted by Crippen LogP contribution is -2.30. The fourth-order valence-corrected chi connectivity index (χ4v) is 4.51. The summed E-state index contributed by atoms with van der Waals surface area (Å²) in [4.78, 5) is 16.8. The van der Waals surface area contributed by atoms with E-state index in [0.29, 0.717) is 5.56 Å². The highest BCUT2D eigenvalue weighted by molar-refractivity contribution is 9.09. The number of fused-ring (bicyclic) bond motifs is 1. The first-order valence-electron chi connectivity index (χ1n) is 10.8. The molecule has 3 aromatic carbocycles. The topological polar surface area (TPSA) is 54.1 Å². The fourth-order valence-electron chi connectivity index (χ4n) is 4.11. The molecule has 0 fully saturated rings. The Kier molecular flexibility index (Phi) is 7.28. The van der Waals surface area contributed by atoms with Crippen LogP contribution in [0.3, 0.4) is 0 Å². The number of aromatic amines is 1. The number of hydrogen-bond donors (Lipinski definition) is 2. The number of benzene rings is 3. The van der Waals surface area contributed by atoms with Gasteiger partial charge in [0.05, 0.1) is 13.2 Å². The van der Waals surface area contributed by atoms with Gasteiger partial charge in [0.2, 0.25) is 0 Å². The molecule has 1 heterocycles. The maximum atomic E-state index is 13.1. The van der Waals surface area contributed by atoms with Crippen LogP contribution in [0.4, 0.5) is 0 Å². The molecule has 2 N–H and O–H groups in total. The van der Waals surface area contributed by atoms with Crippen LogP contribution in [0, 0.1) is 0 Å². The summed E-state index contributed by atoms with van der Waals surface area (Å²) in [5.74, 6) is 0.645. The van der Waals surface area contributed by atoms with Gasteiger partial charge in [-0.3, -0.25) is 4.79 Å². The lowest BCUT2D eigenvalue weighted by atomic mass is 9.98. The summed E-state index contributed by atoms with van der Waals surface area (Å²) in [7, 11) is 1.62. The summed E-state index contributed by atoms with van der Waals surface area (Å²) in [6.45, 7) is 0. The first-order valence-corrected chi connectivity index (χ1v) is 12.0. The highest BCUT2D eigenvalue weighted by atomic mass is 79.9. The third kappa shape index (κ3) is 5.05. The predicted molar refractivity (Wildman–Crippen MR) is 134 cm³/mol. The van der Waals surface area contributed by atoms with Crippen molar-refractivity contribution < 1.29 is 9.53 Å². The van der Waals surface area contributed by atoms with Gasteiger partial charge in [-0.05, 0) is 60.7 Å². The SMILES string of the molecule is COc1ccc(C(=O)NC(CCc2ccccc2)c2[nH]c3ccccc3c2CCBr)cc1. The van der Waals surface area contributed by atoms with Crippen molar-refractivity contribution in [2.45, 2.75) is 25.3 Å². The Bertz CT molecular complexity index is 1170. The smallest absolute Gasteiger partial charge is 0.251 e. The number of H-pyrrole nitrogens is 1. The van der Waals surface area contributed by atoms with Crippen molar-refractivity contribution in [3.8, 4) is 5.75 Å². The number of alkyl halides is 1. The van der Waals surface area contributed by atoms with Gasteiger partial charge in [0.1, 0.15) is 5.75 Å². The second-order valence-electron chi connectivity index (χ2n) is 7.78. The number of carbonyl (C=O) groups excluding carboxylic acids is 1. The third-order valence-corrected chi connectivity index (χ3v) is 6.16. The molecule has 1 aromatic heterocycles. The van der Waals surface area contributed by atoms with Crippen LogP contribution in [0.5, 0.6) is 5.75 Å². The van der Waals surface area contributed by atoms with Gasteiger partial charge in [-0.15, -0.1) is 0 Å². The van der Waals surface area contributed by atoms with Crippen LogP contribution in [-0.4, -0.2) is 23.3 Å². The highest BCUT2D eigenvalue weighted by Gasteiger charge is 2.22. The van der Waals surface area contributed by atoms with Crippen LogP contribution in [-0.2, 0) is 12.8 Å². The number of aromatic nitrogens is 1. The van der Waals surface area contributed by atoms with Gasteiger partial charge in [-0.25, -0.2) is 0 Å². The Hall–Kier alpha value is -3.05. The van der Waals surface area contributed by atoms with Crippen molar-refractivity contribution in [3.63, 3.8) is 0 Å². The Morgan fingerprint density at radius 2 is 1.69 bits per heavy atom. The molecule has 0 radical (unpaired) electrons. The molecule has 1 unspecified atom stereocenters. The van der Waals surface area contributed by atoms with Crippen LogP contribution in [0.2, 0.25) is 0 Å². The number of hydrogen-bond acceptors (Lipinski definition) is 2. The molecule has 32 heavy (non-hydrogen) atoms. The molecule has 0 saturated heterocycles. The number of ether oxygens (including phenoxy) is 1. The van der Waals surface area contributed by atoms with E-state index in [2.05, 4.69) is 68.7 Å². The number of nitrogens with one attached hydrogen (secondary N) is 2. The molecule has 1 atom stereocenters. The first kappa shape index (κ1) is 22.2. The normalized spacial score (nSPS) is 11.9. The van der Waals surface area contributed by atoms with E-state index in [9.17, 15) is 4.79 Å². The van der Waals surface area contributed by atoms with Gasteiger partial charge in [0.25, 0.3) is 5.91 Å². The van der Waals surface area contributed by atoms with Crippen LogP contribution in [0.15, 0.2) is 78.9 Å². The van der Waals surface area contributed by atoms with E-state index in [4.69, 9.17) is 4.74 Å². The number of amides is 1. The van der Waals surface area contributed by atoms with Crippen molar-refractivity contribution in [2.24, 2.45) is 0 Å². The van der Waals surface area contributed by atoms with Crippen molar-refractivity contribution in [3.05, 3.63) is 101 Å². The summed E-state index contributed by atoms with van der Waals surface area (Å²) in [5.41, 5.74) is 5.32. The number of rotatable bonds is 9. The molecular weight excluding hydrogens is 464 g/mol. The van der Waals surface area contributed by atoms with E-state index >= 15 is 0 Å². The Morgan fingerprint density at radius 3 is 2.41 bits per heavy atom. The average Bonchev–Trinajstić information content (AvgIpc) is 3.21. The van der Waals surface area contributed by atoms with E-state index in [1.54, 1.807) is 19.2 Å². The lowest BCUT2D eigenvalue weighted by Gasteiger charge is -2.20. The molecule has 0 aliphatic rings. The number of para-hydroxylation sites is 1. The van der Waals surface area contributed by atoms with Gasteiger partial charge in [-0.2, -0.15) is 0 Å². The zero-order valence-electron chi connectivity index (χ0n) is 18.1. The number of methoxy groups -OCH3 is 1. The van der Waals surface area contributed by atoms with E-state index in [-0.39, 0.29) is 11.9 Å². The summed E-state index contributed by atoms with van der Waals surface area (Å²) in [5, 5.41) is 5.36. The summed E-state index contributed by atoms with van der Waals surface area (Å²) < 4.78 is 5.22. The number of carbonyl (C=O) groups is 1. The van der Waals surface area contributed by atoms with Gasteiger partial charge >= 0.3 is 0 Å². The molecule has 0 aliphatic carbocycles. The van der Waals surface area contributed by atoms with Crippen molar-refractivity contribution >= 4 is 32.7 Å². The van der Waals surface area contributed by atoms with Crippen LogP contribution >= 0.6 is 15.9 Å². The molecule has 0 saturated carbocycles. The summed E-state index contributed by atoms with van der Waals surface area (Å²) in [6, 6.07) is 25.8. The molecule has 0 bridgehead atoms. The van der Waals surface area contributed by atoms with E-state index in [0.717, 1.165) is 41.6 Å². The molecule has 1 amide bonds. The van der Waals surface area contributed by atoms with E-state index in [1.165, 1.54) is 16.5 Å². The zero-order chi connectivity index (χ0) is 22.3. The van der Waals surface area contributed by atoms with Crippen molar-refractivity contribution in [1.29, 1.82) is 0 Å². The molecular formula is C27H27BrN2O2. The standard InChI is InChI=1S/C27H27BrN2O2/c1-32-21-14-12-20(13-15-21)27(31)30-25(16-11-19-7-3-2-4-8-19)26-23(17-18-28)22-9-5-6-10-24(22)29-26/h2-10,12-15,25,29H,11,16-18H2,1H3,(H,30,31). The molecule has 4 rings (SSSR count). The van der Waals surface area contributed by atoms with Gasteiger partial charge in [0, 0.05) is 27.5 Å². The van der Waals surface area contributed by atoms with Crippen molar-refractivity contribution in [2.75, 3.05) is 12.4 Å². The predicted octanol–water partition coefficient (Wildman–Crippen LogP) is 6.22. The van der Waals surface area contributed by atoms with Crippen LogP contribution in [0.25, 0.3) is 10.9 Å². The first-order chi connectivity index (χ1) is 15.7. The molecule has 0 aliphatic heterocycles. The Balaban J connectivity index is 1.66. The second kappa shape index (κ2) is 10.5. The minimum absolute atomic E-state index is 0.0887. The molecule has 0 spiro atoms. The maximum absolute atomic E-state index is 13.1. The zero-order valence-corrected chi connectivity index (χ0v) is 19.7. The van der Waals surface area contributed by atoms with Crippen LogP contribution in [0.1, 0.15) is 39.6 Å². The fraction of sp³-hybridized carbons (Fsp3) is 0.222. The largest absolute Gasteiger partial charge is 0.497 e. The summed E-state index contributed by atoms with van der Waals surface area (Å²) >= 11 is 3.60. The molecule has 4 aromatic rings. The minimum Gasteiger partial charge on any atom is -0.497 e. The summed E-state index contributed by atoms with van der Waals surface area (Å²) in [6.07, 6.45) is 2.56. The quantitative estimate of drug-likeness (QED) is 0.273. The average molecular weight is 491 g/mol. The molecule has 4 nitrogen and oxygen atoms in total. The van der Waals surface area contributed by atoms with Crippen molar-refractivity contribution in [1.82, 2.24) is 10.3 Å². The monoisotopic (exact) mass is 490 g/mol. The van der Waals surface area contributed by atoms with Gasteiger partial charge < -0.3 is 15.0 Å². The Labute approximate surface area is 197 Å². The molecule has 5 heteroatoms. The lowest BCUT2D eigenvalue weighted by molar-refractivity contribution is 0.0933. The molecule has 164 valence electrons. The minimum atomic E-state index is -0.133. The van der Waals surface area contributed by atoms with E-state index in [1.807, 2.05) is 24.3 Å². The third-order valence-electron chi connectivity index (χ3n) is 5.76. The number of halogens is 1. The van der Waals surface area contributed by atoms with Gasteiger partial charge in [0.15, 0.2) is 0 Å². The number of aryl methyl sites for hydroxylation is 2. The van der Waals surface area contributed by atoms with E-state index < -0.39 is 0 Å². The van der Waals surface area contributed by atoms with Gasteiger partial charge in [-0.1, -0.05) is 64.5 Å². The highest BCUT2D eigenvalue weighted by Crippen LogP contribution is 2.30. The Morgan fingerprint density at radius 1 is 0.969 bits per heavy atom. The maximum Gasteiger partial charge on any atom is 0.251 e. The second-order valence-corrected chi connectivity index (χ2v) is 8.57.